The topological polar surface area (TPSA) is 3.88 Å². The molecule has 31 heavy (non-hydrogen) atoms. The Labute approximate surface area is 185 Å². The van der Waals surface area contributed by atoms with E-state index in [1.54, 1.807) is 0 Å². The van der Waals surface area contributed by atoms with Crippen LogP contribution in [0.15, 0.2) is 91.0 Å². The van der Waals surface area contributed by atoms with Gasteiger partial charge in [-0.1, -0.05) is 66.7 Å². The van der Waals surface area contributed by atoms with E-state index in [0.717, 1.165) is 12.8 Å². The summed E-state index contributed by atoms with van der Waals surface area (Å²) < 4.78 is 2.72. The van der Waals surface area contributed by atoms with Crippen LogP contribution in [-0.4, -0.2) is 0 Å². The van der Waals surface area contributed by atoms with Crippen molar-refractivity contribution in [3.8, 4) is 33.6 Å². The van der Waals surface area contributed by atoms with E-state index in [4.69, 9.17) is 0 Å². The van der Waals surface area contributed by atoms with Crippen LogP contribution in [0.25, 0.3) is 33.6 Å². The van der Waals surface area contributed by atoms with E-state index < -0.39 is 0 Å². The minimum Gasteiger partial charge on any atom is -0.188 e. The Bertz CT molecular complexity index is 1220. The van der Waals surface area contributed by atoms with E-state index in [2.05, 4.69) is 95.6 Å². The maximum Gasteiger partial charge on any atom is 0.217 e. The number of aryl methyl sites for hydroxylation is 1. The van der Waals surface area contributed by atoms with E-state index in [0.29, 0.717) is 6.04 Å². The highest BCUT2D eigenvalue weighted by Gasteiger charge is 2.37. The van der Waals surface area contributed by atoms with Gasteiger partial charge >= 0.3 is 0 Å². The molecular formula is C30H28N+. The highest BCUT2D eigenvalue weighted by molar-refractivity contribution is 5.80. The van der Waals surface area contributed by atoms with E-state index >= 15 is 0 Å². The van der Waals surface area contributed by atoms with Crippen molar-refractivity contribution < 1.29 is 4.57 Å². The minimum atomic E-state index is 0.583. The van der Waals surface area contributed by atoms with Crippen LogP contribution in [0.3, 0.4) is 0 Å². The van der Waals surface area contributed by atoms with Crippen molar-refractivity contribution in [3.63, 3.8) is 0 Å². The largest absolute Gasteiger partial charge is 0.217 e. The summed E-state index contributed by atoms with van der Waals surface area (Å²) in [6.07, 6.45) is 7.47. The molecule has 4 aromatic rings. The Morgan fingerprint density at radius 2 is 1.26 bits per heavy atom. The molecule has 0 unspecified atom stereocenters. The molecule has 1 nitrogen and oxygen atoms in total. The van der Waals surface area contributed by atoms with Crippen LogP contribution < -0.4 is 4.57 Å². The Morgan fingerprint density at radius 3 is 2.00 bits per heavy atom. The van der Waals surface area contributed by atoms with E-state index in [1.165, 1.54) is 70.5 Å². The molecule has 0 amide bonds. The van der Waals surface area contributed by atoms with Crippen LogP contribution in [0.5, 0.6) is 0 Å². The first-order chi connectivity index (χ1) is 15.4. The third kappa shape index (κ3) is 3.20. The molecule has 0 spiro atoms. The van der Waals surface area contributed by atoms with Gasteiger partial charge in [0, 0.05) is 35.6 Å². The van der Waals surface area contributed by atoms with Gasteiger partial charge in [0.2, 0.25) is 11.4 Å². The molecule has 1 saturated carbocycles. The summed E-state index contributed by atoms with van der Waals surface area (Å²) in [4.78, 5) is 0. The van der Waals surface area contributed by atoms with Gasteiger partial charge < -0.3 is 0 Å². The third-order valence-corrected chi connectivity index (χ3v) is 7.15. The standard InChI is InChI=1S/C30H28N/c1-3-11-22(12-4-1)28-21-29(24-14-5-2-6-15-24)31(25-16-8-9-17-25)30-26-18-10-7-13-23(26)19-20-27(28)30/h1-7,10-15,18,21,25H,8-9,16-17,19-20H2/q+1. The lowest BCUT2D eigenvalue weighted by molar-refractivity contribution is -0.701. The van der Waals surface area contributed by atoms with Crippen molar-refractivity contribution in [2.75, 3.05) is 0 Å². The first kappa shape index (κ1) is 18.6. The highest BCUT2D eigenvalue weighted by Crippen LogP contribution is 2.41. The van der Waals surface area contributed by atoms with E-state index in [9.17, 15) is 0 Å². The first-order valence-electron chi connectivity index (χ1n) is 11.7. The fourth-order valence-electron chi connectivity index (χ4n) is 5.71. The smallest absolute Gasteiger partial charge is 0.188 e. The van der Waals surface area contributed by atoms with Gasteiger partial charge in [-0.05, 0) is 60.6 Å². The molecule has 1 heteroatoms. The number of nitrogens with zero attached hydrogens (tertiary/aromatic N) is 1. The van der Waals surface area contributed by atoms with Crippen molar-refractivity contribution in [2.45, 2.75) is 44.6 Å². The molecule has 0 N–H and O–H groups in total. The number of hydrogen-bond acceptors (Lipinski definition) is 0. The summed E-state index contributed by atoms with van der Waals surface area (Å²) in [5.41, 5.74) is 11.3. The van der Waals surface area contributed by atoms with Gasteiger partial charge in [-0.2, -0.15) is 4.57 Å². The molecule has 0 radical (unpaired) electrons. The Kier molecular flexibility index (Phi) is 4.68. The van der Waals surface area contributed by atoms with Crippen molar-refractivity contribution in [3.05, 3.63) is 102 Å². The normalized spacial score (nSPS) is 15.5. The molecule has 1 heterocycles. The molecule has 152 valence electrons. The number of rotatable bonds is 3. The Morgan fingerprint density at radius 1 is 0.613 bits per heavy atom. The Balaban J connectivity index is 1.73. The van der Waals surface area contributed by atoms with Crippen LogP contribution >= 0.6 is 0 Å². The number of pyridine rings is 1. The lowest BCUT2D eigenvalue weighted by atomic mass is 9.83. The number of benzene rings is 3. The molecule has 3 aromatic carbocycles. The van der Waals surface area contributed by atoms with Crippen molar-refractivity contribution >= 4 is 0 Å². The minimum absolute atomic E-state index is 0.583. The van der Waals surface area contributed by atoms with Gasteiger partial charge in [0.05, 0.1) is 0 Å². The number of hydrogen-bond donors (Lipinski definition) is 0. The van der Waals surface area contributed by atoms with E-state index in [1.807, 2.05) is 0 Å². The second-order valence-corrected chi connectivity index (χ2v) is 8.97. The molecule has 0 bridgehead atoms. The summed E-state index contributed by atoms with van der Waals surface area (Å²) in [7, 11) is 0. The predicted molar refractivity (Wildman–Crippen MR) is 128 cm³/mol. The van der Waals surface area contributed by atoms with E-state index in [-0.39, 0.29) is 0 Å². The number of fused-ring (bicyclic) bond motifs is 3. The summed E-state index contributed by atoms with van der Waals surface area (Å²) in [5.74, 6) is 0. The second-order valence-electron chi connectivity index (χ2n) is 8.97. The lowest BCUT2D eigenvalue weighted by Crippen LogP contribution is -2.44. The summed E-state index contributed by atoms with van der Waals surface area (Å²) in [6, 6.07) is 34.1. The second kappa shape index (κ2) is 7.81. The summed E-state index contributed by atoms with van der Waals surface area (Å²) >= 11 is 0. The molecule has 0 aliphatic heterocycles. The van der Waals surface area contributed by atoms with Crippen LogP contribution in [0.2, 0.25) is 0 Å². The van der Waals surface area contributed by atoms with Crippen molar-refractivity contribution in [2.24, 2.45) is 0 Å². The monoisotopic (exact) mass is 402 g/mol. The molecule has 6 rings (SSSR count). The summed E-state index contributed by atoms with van der Waals surface area (Å²) in [6.45, 7) is 0. The van der Waals surface area contributed by atoms with Gasteiger partial charge in [-0.25, -0.2) is 0 Å². The zero-order valence-electron chi connectivity index (χ0n) is 17.9. The molecule has 0 atom stereocenters. The third-order valence-electron chi connectivity index (χ3n) is 7.15. The highest BCUT2D eigenvalue weighted by atomic mass is 15.0. The molecular weight excluding hydrogens is 374 g/mol. The van der Waals surface area contributed by atoms with Crippen LogP contribution in [0.4, 0.5) is 0 Å². The lowest BCUT2D eigenvalue weighted by Gasteiger charge is -2.25. The average molecular weight is 403 g/mol. The first-order valence-corrected chi connectivity index (χ1v) is 11.7. The van der Waals surface area contributed by atoms with Gasteiger partial charge in [0.1, 0.15) is 0 Å². The maximum atomic E-state index is 2.72. The Hall–Kier alpha value is -3.19. The zero-order valence-corrected chi connectivity index (χ0v) is 17.9. The molecule has 2 aliphatic carbocycles. The number of aromatic nitrogens is 1. The molecule has 0 saturated heterocycles. The average Bonchev–Trinajstić information content (AvgIpc) is 3.38. The molecule has 1 aromatic heterocycles. The van der Waals surface area contributed by atoms with Crippen molar-refractivity contribution in [1.82, 2.24) is 0 Å². The quantitative estimate of drug-likeness (QED) is 0.319. The van der Waals surface area contributed by atoms with Gasteiger partial charge in [-0.3, -0.25) is 0 Å². The predicted octanol–water partition coefficient (Wildman–Crippen LogP) is 7.19. The van der Waals surface area contributed by atoms with Gasteiger partial charge in [0.15, 0.2) is 6.04 Å². The fraction of sp³-hybridized carbons (Fsp3) is 0.233. The fourth-order valence-corrected chi connectivity index (χ4v) is 5.71. The molecule has 1 fully saturated rings. The van der Waals surface area contributed by atoms with Gasteiger partial charge in [-0.15, -0.1) is 0 Å². The molecule has 2 aliphatic rings. The van der Waals surface area contributed by atoms with Crippen molar-refractivity contribution in [1.29, 1.82) is 0 Å². The van der Waals surface area contributed by atoms with Crippen LogP contribution in [0.1, 0.15) is 42.9 Å². The van der Waals surface area contributed by atoms with Gasteiger partial charge in [0.25, 0.3) is 0 Å². The SMILES string of the molecule is c1ccc(-c2cc(-c3ccccc3)[n+](C3CCCC3)c3c2CCc2ccccc2-3)cc1. The summed E-state index contributed by atoms with van der Waals surface area (Å²) in [5, 5.41) is 0. The van der Waals surface area contributed by atoms with Crippen LogP contribution in [-0.2, 0) is 12.8 Å². The zero-order chi connectivity index (χ0) is 20.6. The van der Waals surface area contributed by atoms with Crippen LogP contribution in [0, 0.1) is 0 Å². The maximum absolute atomic E-state index is 2.72.